The van der Waals surface area contributed by atoms with Crippen molar-refractivity contribution in [3.05, 3.63) is 59.9 Å². The largest absolute Gasteiger partial charge is 0.497 e. The Labute approximate surface area is 181 Å². The number of nitrogens with zero attached hydrogens (tertiary/aromatic N) is 2. The van der Waals surface area contributed by atoms with Crippen molar-refractivity contribution in [1.29, 1.82) is 0 Å². The van der Waals surface area contributed by atoms with Gasteiger partial charge >= 0.3 is 0 Å². The zero-order valence-corrected chi connectivity index (χ0v) is 18.6. The van der Waals surface area contributed by atoms with Gasteiger partial charge in [-0.05, 0) is 36.8 Å². The van der Waals surface area contributed by atoms with Crippen molar-refractivity contribution in [2.24, 2.45) is 0 Å². The Bertz CT molecular complexity index is 1030. The monoisotopic (exact) mass is 451 g/mol. The molecule has 2 aromatic carbocycles. The second kappa shape index (κ2) is 10.3. The zero-order chi connectivity index (χ0) is 23.2. The second-order valence-electron chi connectivity index (χ2n) is 6.91. The number of carbonyl (C=O) groups excluding carboxylic acids is 2. The third kappa shape index (κ3) is 6.42. The number of methoxy groups -OCH3 is 1. The van der Waals surface area contributed by atoms with E-state index in [9.17, 15) is 22.4 Å². The molecule has 1 atom stereocenters. The summed E-state index contributed by atoms with van der Waals surface area (Å²) in [5, 5.41) is 2.48. The van der Waals surface area contributed by atoms with Crippen molar-refractivity contribution < 1.29 is 27.1 Å². The van der Waals surface area contributed by atoms with E-state index < -0.39 is 40.2 Å². The molecule has 0 heterocycles. The van der Waals surface area contributed by atoms with E-state index in [0.717, 1.165) is 10.6 Å². The van der Waals surface area contributed by atoms with Gasteiger partial charge in [0.15, 0.2) is 0 Å². The molecule has 0 bridgehead atoms. The van der Waals surface area contributed by atoms with Gasteiger partial charge in [0, 0.05) is 19.7 Å². The minimum absolute atomic E-state index is 0.00339. The molecule has 0 aliphatic heterocycles. The first kappa shape index (κ1) is 24.1. The first-order chi connectivity index (χ1) is 14.6. The molecular formula is C21H26FN3O5S. The average molecular weight is 452 g/mol. The standard InChI is InChI=1S/C21H26FN3O5S/c1-15(21(27)23-2)24(13-16-8-10-17(22)11-9-16)20(26)14-25(31(4,28)29)18-6-5-7-19(12-18)30-3/h5-12,15H,13-14H2,1-4H3,(H,23,27). The van der Waals surface area contributed by atoms with Crippen LogP contribution in [-0.2, 0) is 26.2 Å². The summed E-state index contributed by atoms with van der Waals surface area (Å²) in [6.07, 6.45) is 0.992. The molecule has 0 spiro atoms. The summed E-state index contributed by atoms with van der Waals surface area (Å²) in [7, 11) is -0.930. The number of rotatable bonds is 9. The fraction of sp³-hybridized carbons (Fsp3) is 0.333. The molecule has 2 rings (SSSR count). The Morgan fingerprint density at radius 3 is 2.35 bits per heavy atom. The minimum atomic E-state index is -3.82. The van der Waals surface area contributed by atoms with E-state index in [1.807, 2.05) is 0 Å². The maximum Gasteiger partial charge on any atom is 0.244 e. The van der Waals surface area contributed by atoms with Gasteiger partial charge in [-0.15, -0.1) is 0 Å². The Morgan fingerprint density at radius 2 is 1.81 bits per heavy atom. The number of ether oxygens (including phenoxy) is 1. The summed E-state index contributed by atoms with van der Waals surface area (Å²) in [6, 6.07) is 10.9. The Hall–Kier alpha value is -3.14. The lowest BCUT2D eigenvalue weighted by Gasteiger charge is -2.31. The number of amides is 2. The number of hydrogen-bond acceptors (Lipinski definition) is 5. The quantitative estimate of drug-likeness (QED) is 0.627. The van der Waals surface area contributed by atoms with Crippen LogP contribution in [0, 0.1) is 5.82 Å². The van der Waals surface area contributed by atoms with Crippen molar-refractivity contribution in [2.45, 2.75) is 19.5 Å². The highest BCUT2D eigenvalue weighted by molar-refractivity contribution is 7.92. The number of anilines is 1. The third-order valence-corrected chi connectivity index (χ3v) is 5.84. The van der Waals surface area contributed by atoms with Crippen LogP contribution in [0.25, 0.3) is 0 Å². The van der Waals surface area contributed by atoms with Crippen molar-refractivity contribution >= 4 is 27.5 Å². The molecule has 0 fully saturated rings. The molecule has 0 aromatic heterocycles. The van der Waals surface area contributed by atoms with Crippen LogP contribution >= 0.6 is 0 Å². The number of likely N-dealkylation sites (N-methyl/N-ethyl adjacent to an activating group) is 1. The molecule has 1 N–H and O–H groups in total. The van der Waals surface area contributed by atoms with Crippen molar-refractivity contribution in [3.63, 3.8) is 0 Å². The molecule has 168 valence electrons. The second-order valence-corrected chi connectivity index (χ2v) is 8.82. The van der Waals surface area contributed by atoms with Gasteiger partial charge in [-0.2, -0.15) is 0 Å². The molecular weight excluding hydrogens is 425 g/mol. The third-order valence-electron chi connectivity index (χ3n) is 4.70. The summed E-state index contributed by atoms with van der Waals surface area (Å²) < 4.78 is 44.2. The predicted molar refractivity (Wildman–Crippen MR) is 116 cm³/mol. The molecule has 0 aliphatic rings. The van der Waals surface area contributed by atoms with Crippen LogP contribution in [0.4, 0.5) is 10.1 Å². The first-order valence-corrected chi connectivity index (χ1v) is 11.3. The summed E-state index contributed by atoms with van der Waals surface area (Å²) >= 11 is 0. The number of nitrogens with one attached hydrogen (secondary N) is 1. The highest BCUT2D eigenvalue weighted by atomic mass is 32.2. The minimum Gasteiger partial charge on any atom is -0.497 e. The van der Waals surface area contributed by atoms with E-state index in [4.69, 9.17) is 4.74 Å². The molecule has 0 saturated carbocycles. The van der Waals surface area contributed by atoms with Crippen LogP contribution in [0.2, 0.25) is 0 Å². The fourth-order valence-electron chi connectivity index (χ4n) is 2.96. The highest BCUT2D eigenvalue weighted by Crippen LogP contribution is 2.23. The first-order valence-electron chi connectivity index (χ1n) is 9.44. The Balaban J connectivity index is 2.38. The fourth-order valence-corrected chi connectivity index (χ4v) is 3.80. The van der Waals surface area contributed by atoms with E-state index in [-0.39, 0.29) is 12.2 Å². The number of carbonyl (C=O) groups is 2. The van der Waals surface area contributed by atoms with E-state index in [1.165, 1.54) is 56.3 Å². The van der Waals surface area contributed by atoms with Gasteiger partial charge in [-0.3, -0.25) is 13.9 Å². The molecule has 0 saturated heterocycles. The van der Waals surface area contributed by atoms with Crippen LogP contribution in [0.5, 0.6) is 5.75 Å². The van der Waals surface area contributed by atoms with Crippen LogP contribution in [0.15, 0.2) is 48.5 Å². The smallest absolute Gasteiger partial charge is 0.244 e. The predicted octanol–water partition coefficient (Wildman–Crippen LogP) is 1.76. The van der Waals surface area contributed by atoms with E-state index in [2.05, 4.69) is 5.32 Å². The van der Waals surface area contributed by atoms with Crippen LogP contribution < -0.4 is 14.4 Å². The topological polar surface area (TPSA) is 96.0 Å². The van der Waals surface area contributed by atoms with Crippen molar-refractivity contribution in [1.82, 2.24) is 10.2 Å². The van der Waals surface area contributed by atoms with Gasteiger partial charge in [0.05, 0.1) is 19.1 Å². The molecule has 1 unspecified atom stereocenters. The molecule has 10 heteroatoms. The average Bonchev–Trinajstić information content (AvgIpc) is 2.75. The molecule has 2 aromatic rings. The maximum absolute atomic E-state index is 13.2. The van der Waals surface area contributed by atoms with Crippen LogP contribution in [-0.4, -0.2) is 58.1 Å². The van der Waals surface area contributed by atoms with Gasteiger partial charge in [-0.25, -0.2) is 12.8 Å². The van der Waals surface area contributed by atoms with Crippen molar-refractivity contribution in [2.75, 3.05) is 31.3 Å². The van der Waals surface area contributed by atoms with Crippen molar-refractivity contribution in [3.8, 4) is 5.75 Å². The summed E-state index contributed by atoms with van der Waals surface area (Å²) in [5.41, 5.74) is 0.849. The van der Waals surface area contributed by atoms with Gasteiger partial charge in [0.2, 0.25) is 21.8 Å². The number of halogens is 1. The lowest BCUT2D eigenvalue weighted by molar-refractivity contribution is -0.139. The van der Waals surface area contributed by atoms with Crippen LogP contribution in [0.1, 0.15) is 12.5 Å². The molecule has 2 amide bonds. The molecule has 0 aliphatic carbocycles. The van der Waals surface area contributed by atoms with Gasteiger partial charge in [-0.1, -0.05) is 18.2 Å². The Kier molecular flexibility index (Phi) is 7.98. The molecule has 8 nitrogen and oxygen atoms in total. The molecule has 31 heavy (non-hydrogen) atoms. The summed E-state index contributed by atoms with van der Waals surface area (Å²) in [6.45, 7) is 1.02. The number of benzene rings is 2. The van der Waals surface area contributed by atoms with Crippen LogP contribution in [0.3, 0.4) is 0 Å². The van der Waals surface area contributed by atoms with Gasteiger partial charge in [0.25, 0.3) is 0 Å². The SMILES string of the molecule is CNC(=O)C(C)N(Cc1ccc(F)cc1)C(=O)CN(c1cccc(OC)c1)S(C)(=O)=O. The molecule has 0 radical (unpaired) electrons. The summed E-state index contributed by atoms with van der Waals surface area (Å²) in [4.78, 5) is 26.7. The van der Waals surface area contributed by atoms with E-state index in [1.54, 1.807) is 18.2 Å². The normalized spacial score (nSPS) is 12.0. The van der Waals surface area contributed by atoms with Gasteiger partial charge in [0.1, 0.15) is 24.2 Å². The lowest BCUT2D eigenvalue weighted by Crippen LogP contribution is -2.50. The lowest BCUT2D eigenvalue weighted by atomic mass is 10.1. The Morgan fingerprint density at radius 1 is 1.16 bits per heavy atom. The number of hydrogen-bond donors (Lipinski definition) is 1. The van der Waals surface area contributed by atoms with E-state index in [0.29, 0.717) is 11.3 Å². The van der Waals surface area contributed by atoms with E-state index >= 15 is 0 Å². The summed E-state index contributed by atoms with van der Waals surface area (Å²) in [5.74, 6) is -1.00. The zero-order valence-electron chi connectivity index (χ0n) is 17.8. The number of sulfonamides is 1. The van der Waals surface area contributed by atoms with Gasteiger partial charge < -0.3 is 15.0 Å². The highest BCUT2D eigenvalue weighted by Gasteiger charge is 2.29. The maximum atomic E-state index is 13.2.